The molecular formula is C19H27N3O. The highest BCUT2D eigenvalue weighted by Gasteiger charge is 2.26. The topological polar surface area (TPSA) is 54.0 Å². The lowest BCUT2D eigenvalue weighted by atomic mass is 9.95. The van der Waals surface area contributed by atoms with E-state index in [1.54, 1.807) is 0 Å². The molecule has 4 rings (SSSR count). The standard InChI is InChI=1S/C19H27N3O/c23-18(12-20-13-6-2-1-3-7-13)22-19-14-8-4-10-16(14)21-17-11-5-9-15(17)19/h13,20H,1-12H2,(H,21,22,23). The summed E-state index contributed by atoms with van der Waals surface area (Å²) in [5.74, 6) is 0.116. The van der Waals surface area contributed by atoms with Crippen molar-refractivity contribution in [3.8, 4) is 0 Å². The number of hydrogen-bond acceptors (Lipinski definition) is 3. The Hall–Kier alpha value is -1.42. The molecule has 124 valence electrons. The van der Waals surface area contributed by atoms with Crippen molar-refractivity contribution in [3.05, 3.63) is 22.5 Å². The van der Waals surface area contributed by atoms with Crippen molar-refractivity contribution in [2.24, 2.45) is 0 Å². The zero-order valence-electron chi connectivity index (χ0n) is 13.9. The molecule has 2 N–H and O–H groups in total. The molecule has 1 saturated carbocycles. The van der Waals surface area contributed by atoms with Gasteiger partial charge in [0.15, 0.2) is 0 Å². The second-order valence-corrected chi connectivity index (χ2v) is 7.31. The molecule has 1 heterocycles. The summed E-state index contributed by atoms with van der Waals surface area (Å²) < 4.78 is 0. The summed E-state index contributed by atoms with van der Waals surface area (Å²) in [4.78, 5) is 17.3. The van der Waals surface area contributed by atoms with Crippen LogP contribution in [0.15, 0.2) is 0 Å². The van der Waals surface area contributed by atoms with E-state index in [-0.39, 0.29) is 5.91 Å². The van der Waals surface area contributed by atoms with Gasteiger partial charge in [-0.15, -0.1) is 0 Å². The summed E-state index contributed by atoms with van der Waals surface area (Å²) in [6.07, 6.45) is 13.0. The number of amides is 1. The molecular weight excluding hydrogens is 286 g/mol. The Morgan fingerprint density at radius 2 is 1.57 bits per heavy atom. The van der Waals surface area contributed by atoms with Gasteiger partial charge in [0.2, 0.25) is 5.91 Å². The van der Waals surface area contributed by atoms with Crippen molar-refractivity contribution in [3.63, 3.8) is 0 Å². The number of rotatable bonds is 4. The molecule has 1 amide bonds. The molecule has 0 aromatic carbocycles. The zero-order valence-corrected chi connectivity index (χ0v) is 13.9. The molecule has 0 saturated heterocycles. The Morgan fingerprint density at radius 3 is 2.22 bits per heavy atom. The highest BCUT2D eigenvalue weighted by atomic mass is 16.1. The molecule has 0 atom stereocenters. The number of hydrogen-bond donors (Lipinski definition) is 2. The maximum absolute atomic E-state index is 12.5. The largest absolute Gasteiger partial charge is 0.324 e. The fraction of sp³-hybridized carbons (Fsp3) is 0.684. The van der Waals surface area contributed by atoms with E-state index in [1.165, 1.54) is 67.5 Å². The monoisotopic (exact) mass is 313 g/mol. The highest BCUT2D eigenvalue weighted by Crippen LogP contribution is 2.36. The van der Waals surface area contributed by atoms with Crippen molar-refractivity contribution in [1.29, 1.82) is 0 Å². The third-order valence-electron chi connectivity index (χ3n) is 5.67. The van der Waals surface area contributed by atoms with Crippen LogP contribution in [0.3, 0.4) is 0 Å². The second-order valence-electron chi connectivity index (χ2n) is 7.31. The van der Waals surface area contributed by atoms with Crippen molar-refractivity contribution < 1.29 is 4.79 Å². The predicted molar refractivity (Wildman–Crippen MR) is 91.8 cm³/mol. The Bertz CT molecular complexity index is 573. The zero-order chi connectivity index (χ0) is 15.6. The van der Waals surface area contributed by atoms with Gasteiger partial charge >= 0.3 is 0 Å². The van der Waals surface area contributed by atoms with E-state index in [2.05, 4.69) is 10.6 Å². The third kappa shape index (κ3) is 3.14. The molecule has 0 radical (unpaired) electrons. The van der Waals surface area contributed by atoms with E-state index in [0.717, 1.165) is 31.4 Å². The Morgan fingerprint density at radius 1 is 0.913 bits per heavy atom. The van der Waals surface area contributed by atoms with Gasteiger partial charge < -0.3 is 10.6 Å². The molecule has 3 aliphatic rings. The first-order chi connectivity index (χ1) is 11.3. The summed E-state index contributed by atoms with van der Waals surface area (Å²) in [6, 6.07) is 0.531. The van der Waals surface area contributed by atoms with Gasteiger partial charge in [-0.1, -0.05) is 19.3 Å². The summed E-state index contributed by atoms with van der Waals surface area (Å²) in [6.45, 7) is 0.441. The quantitative estimate of drug-likeness (QED) is 0.898. The van der Waals surface area contributed by atoms with Gasteiger partial charge in [0.1, 0.15) is 0 Å². The summed E-state index contributed by atoms with van der Waals surface area (Å²) >= 11 is 0. The van der Waals surface area contributed by atoms with Crippen LogP contribution in [0.5, 0.6) is 0 Å². The number of aromatic nitrogens is 1. The lowest BCUT2D eigenvalue weighted by Crippen LogP contribution is -2.37. The molecule has 0 unspecified atom stereocenters. The van der Waals surface area contributed by atoms with Crippen LogP contribution in [0.1, 0.15) is 67.5 Å². The van der Waals surface area contributed by atoms with Gasteiger partial charge in [0, 0.05) is 17.4 Å². The van der Waals surface area contributed by atoms with E-state index < -0.39 is 0 Å². The van der Waals surface area contributed by atoms with E-state index in [1.807, 2.05) is 0 Å². The minimum atomic E-state index is 0.116. The average molecular weight is 313 g/mol. The maximum atomic E-state index is 12.5. The van der Waals surface area contributed by atoms with Crippen molar-refractivity contribution in [2.75, 3.05) is 11.9 Å². The van der Waals surface area contributed by atoms with Crippen LogP contribution >= 0.6 is 0 Å². The lowest BCUT2D eigenvalue weighted by molar-refractivity contribution is -0.115. The summed E-state index contributed by atoms with van der Waals surface area (Å²) in [7, 11) is 0. The van der Waals surface area contributed by atoms with Gasteiger partial charge in [0.25, 0.3) is 0 Å². The van der Waals surface area contributed by atoms with Gasteiger partial charge in [-0.2, -0.15) is 0 Å². The van der Waals surface area contributed by atoms with Crippen molar-refractivity contribution in [1.82, 2.24) is 10.3 Å². The molecule has 1 aromatic heterocycles. The van der Waals surface area contributed by atoms with Gasteiger partial charge in [0.05, 0.1) is 12.2 Å². The number of nitrogens with one attached hydrogen (secondary N) is 2. The number of carbonyl (C=O) groups excluding carboxylic acids is 1. The highest BCUT2D eigenvalue weighted by molar-refractivity contribution is 5.94. The molecule has 0 bridgehead atoms. The number of fused-ring (bicyclic) bond motifs is 2. The molecule has 1 aromatic rings. The van der Waals surface area contributed by atoms with E-state index >= 15 is 0 Å². The van der Waals surface area contributed by atoms with Crippen LogP contribution in [-0.4, -0.2) is 23.5 Å². The van der Waals surface area contributed by atoms with E-state index in [9.17, 15) is 4.79 Å². The van der Waals surface area contributed by atoms with Crippen LogP contribution in [0, 0.1) is 0 Å². The Kier molecular flexibility index (Phi) is 4.34. The molecule has 1 fully saturated rings. The fourth-order valence-electron chi connectivity index (χ4n) is 4.46. The number of pyridine rings is 1. The van der Waals surface area contributed by atoms with Crippen LogP contribution in [-0.2, 0) is 30.5 Å². The van der Waals surface area contributed by atoms with Crippen LogP contribution in [0.2, 0.25) is 0 Å². The maximum Gasteiger partial charge on any atom is 0.238 e. The van der Waals surface area contributed by atoms with Crippen LogP contribution in [0.25, 0.3) is 0 Å². The smallest absolute Gasteiger partial charge is 0.238 e. The first-order valence-electron chi connectivity index (χ1n) is 9.38. The SMILES string of the molecule is O=C(CNC1CCCCC1)Nc1c2c(nc3c1CCC3)CCC2. The molecule has 0 spiro atoms. The predicted octanol–water partition coefficient (Wildman–Crippen LogP) is 2.92. The number of anilines is 1. The van der Waals surface area contributed by atoms with Crippen LogP contribution < -0.4 is 10.6 Å². The second kappa shape index (κ2) is 6.60. The van der Waals surface area contributed by atoms with Gasteiger partial charge in [-0.25, -0.2) is 0 Å². The first kappa shape index (κ1) is 15.1. The first-order valence-corrected chi connectivity index (χ1v) is 9.38. The normalized spacial score (nSPS) is 20.3. The molecule has 4 heteroatoms. The fourth-order valence-corrected chi connectivity index (χ4v) is 4.46. The Balaban J connectivity index is 1.45. The number of aryl methyl sites for hydroxylation is 2. The molecule has 3 aliphatic carbocycles. The van der Waals surface area contributed by atoms with E-state index in [0.29, 0.717) is 12.6 Å². The average Bonchev–Trinajstić information content (AvgIpc) is 3.22. The van der Waals surface area contributed by atoms with Gasteiger partial charge in [-0.05, 0) is 62.5 Å². The Labute approximate surface area is 138 Å². The molecule has 0 aliphatic heterocycles. The van der Waals surface area contributed by atoms with Gasteiger partial charge in [-0.3, -0.25) is 9.78 Å². The van der Waals surface area contributed by atoms with Crippen molar-refractivity contribution in [2.45, 2.75) is 76.7 Å². The minimum Gasteiger partial charge on any atom is -0.324 e. The molecule has 4 nitrogen and oxygen atoms in total. The van der Waals surface area contributed by atoms with Crippen molar-refractivity contribution >= 4 is 11.6 Å². The third-order valence-corrected chi connectivity index (χ3v) is 5.67. The molecule has 23 heavy (non-hydrogen) atoms. The van der Waals surface area contributed by atoms with Crippen LogP contribution in [0.4, 0.5) is 5.69 Å². The van der Waals surface area contributed by atoms with E-state index in [4.69, 9.17) is 4.98 Å². The lowest BCUT2D eigenvalue weighted by Gasteiger charge is -2.23. The summed E-state index contributed by atoms with van der Waals surface area (Å²) in [5.41, 5.74) is 6.23. The minimum absolute atomic E-state index is 0.116. The summed E-state index contributed by atoms with van der Waals surface area (Å²) in [5, 5.41) is 6.69. The number of nitrogens with zero attached hydrogens (tertiary/aromatic N) is 1. The number of carbonyl (C=O) groups is 1.